The Kier molecular flexibility index (Phi) is 12.1. The van der Waals surface area contributed by atoms with Gasteiger partial charge in [0.05, 0.1) is 24.3 Å². The van der Waals surface area contributed by atoms with E-state index in [0.717, 1.165) is 25.9 Å². The number of pyridine rings is 1. The van der Waals surface area contributed by atoms with E-state index in [1.54, 1.807) is 26.0 Å². The number of amides is 1. The molecule has 3 aliphatic rings. The van der Waals surface area contributed by atoms with Crippen LogP contribution in [0.2, 0.25) is 10.0 Å². The number of halogens is 5. The highest BCUT2D eigenvalue weighted by Crippen LogP contribution is 2.41. The number of ether oxygens (including phenoxy) is 3. The van der Waals surface area contributed by atoms with Crippen molar-refractivity contribution >= 4 is 41.0 Å². The fourth-order valence-corrected chi connectivity index (χ4v) is 7.87. The Morgan fingerprint density at radius 3 is 2.31 bits per heavy atom. The molecule has 15 heteroatoms. The number of carboxylic acids is 1. The van der Waals surface area contributed by atoms with Gasteiger partial charge in [0.2, 0.25) is 12.4 Å². The van der Waals surface area contributed by atoms with Gasteiger partial charge in [0, 0.05) is 28.3 Å². The molecule has 3 aromatic carbocycles. The number of aromatic nitrogens is 1. The molecule has 0 unspecified atom stereocenters. The summed E-state index contributed by atoms with van der Waals surface area (Å²) in [5.74, 6) is -3.24. The maximum absolute atomic E-state index is 14.7. The summed E-state index contributed by atoms with van der Waals surface area (Å²) in [6.45, 7) is 2.37. The van der Waals surface area contributed by atoms with Gasteiger partial charge in [-0.15, -0.1) is 0 Å². The van der Waals surface area contributed by atoms with Gasteiger partial charge < -0.3 is 24.1 Å². The zero-order valence-electron chi connectivity index (χ0n) is 29.4. The summed E-state index contributed by atoms with van der Waals surface area (Å²) in [5, 5.41) is 23.1. The van der Waals surface area contributed by atoms with Crippen LogP contribution in [0, 0.1) is 11.7 Å². The summed E-state index contributed by atoms with van der Waals surface area (Å²) in [5.41, 5.74) is 1.10. The van der Waals surface area contributed by atoms with Gasteiger partial charge in [0.1, 0.15) is 22.0 Å². The third-order valence-corrected chi connectivity index (χ3v) is 10.4. The number of carbonyl (C=O) groups is 2. The number of carboxylic acid groups (broad SMARTS) is 1. The van der Waals surface area contributed by atoms with E-state index in [1.807, 2.05) is 0 Å². The van der Waals surface area contributed by atoms with E-state index in [0.29, 0.717) is 28.0 Å². The molecular formula is C39H38Cl2F3N3O7. The molecule has 1 amide bonds. The van der Waals surface area contributed by atoms with E-state index in [4.69, 9.17) is 37.4 Å². The minimum atomic E-state index is -3.16. The maximum Gasteiger partial charge on any atom is 0.414 e. The number of piperidine rings is 3. The van der Waals surface area contributed by atoms with Gasteiger partial charge >= 0.3 is 12.7 Å². The molecule has 1 aromatic heterocycles. The van der Waals surface area contributed by atoms with Crippen LogP contribution in [0.5, 0.6) is 11.5 Å². The van der Waals surface area contributed by atoms with Crippen LogP contribution in [0.15, 0.2) is 73.1 Å². The molecule has 4 heterocycles. The van der Waals surface area contributed by atoms with Crippen molar-refractivity contribution in [3.63, 3.8) is 0 Å². The fraction of sp³-hybridized carbons (Fsp3) is 0.359. The normalized spacial score (nSPS) is 18.4. The molecule has 3 aliphatic heterocycles. The van der Waals surface area contributed by atoms with Crippen molar-refractivity contribution in [3.8, 4) is 11.5 Å². The van der Waals surface area contributed by atoms with Gasteiger partial charge in [-0.3, -0.25) is 15.0 Å². The van der Waals surface area contributed by atoms with Gasteiger partial charge in [0.15, 0.2) is 11.5 Å². The minimum Gasteiger partial charge on any atom is -0.545 e. The second kappa shape index (κ2) is 16.7. The number of carbonyl (C=O) groups excluding carboxylic acids is 2. The molecule has 0 radical (unpaired) electrons. The summed E-state index contributed by atoms with van der Waals surface area (Å²) >= 11 is 13.2. The molecule has 0 spiro atoms. The first-order valence-electron chi connectivity index (χ1n) is 17.4. The molecule has 7 rings (SSSR count). The number of nitrogens with zero attached hydrogens (tertiary/aromatic N) is 3. The molecule has 3 saturated heterocycles. The lowest BCUT2D eigenvalue weighted by molar-refractivity contribution is -0.904. The SMILES string of the molecule is CC(C)Oc1cc([C@H](Cc2c(Cl)c[n+](O)cc2Cl)c2c(CN(C(=O)O[C@H]3CN4CCC3CC4)c3cccc(F)c3)cccc2C(=O)[O-])ccc1OC(F)F. The molecule has 1 N–H and O–H groups in total. The number of fused-ring (bicyclic) bond motifs is 3. The van der Waals surface area contributed by atoms with Crippen molar-refractivity contribution in [2.45, 2.75) is 64.4 Å². The number of benzene rings is 3. The zero-order chi connectivity index (χ0) is 38.7. The predicted molar refractivity (Wildman–Crippen MR) is 191 cm³/mol. The highest BCUT2D eigenvalue weighted by Gasteiger charge is 2.38. The monoisotopic (exact) mass is 787 g/mol. The molecule has 0 aliphatic carbocycles. The number of rotatable bonds is 13. The largest absolute Gasteiger partial charge is 0.545 e. The lowest BCUT2D eigenvalue weighted by atomic mass is 9.80. The minimum absolute atomic E-state index is 0.0405. The van der Waals surface area contributed by atoms with Gasteiger partial charge in [0.25, 0.3) is 0 Å². The fourth-order valence-electron chi connectivity index (χ4n) is 7.26. The number of alkyl halides is 2. The van der Waals surface area contributed by atoms with E-state index < -0.39 is 36.5 Å². The second-order valence-electron chi connectivity index (χ2n) is 13.6. The first-order valence-corrected chi connectivity index (χ1v) is 18.2. The van der Waals surface area contributed by atoms with Gasteiger partial charge in [-0.1, -0.05) is 53.5 Å². The van der Waals surface area contributed by atoms with E-state index >= 15 is 0 Å². The molecule has 2 bridgehead atoms. The van der Waals surface area contributed by atoms with Crippen LogP contribution < -0.4 is 24.2 Å². The Bertz CT molecular complexity index is 1990. The maximum atomic E-state index is 14.7. The number of hydrogen-bond acceptors (Lipinski definition) is 8. The molecule has 4 aromatic rings. The highest BCUT2D eigenvalue weighted by atomic mass is 35.5. The van der Waals surface area contributed by atoms with E-state index in [2.05, 4.69) is 4.90 Å². The Balaban J connectivity index is 1.51. The summed E-state index contributed by atoms with van der Waals surface area (Å²) < 4.78 is 59.0. The average molecular weight is 789 g/mol. The van der Waals surface area contributed by atoms with Crippen LogP contribution >= 0.6 is 23.2 Å². The Hall–Kier alpha value is -4.72. The smallest absolute Gasteiger partial charge is 0.414 e. The molecule has 2 atom stereocenters. The van der Waals surface area contributed by atoms with Gasteiger partial charge in [-0.25, -0.2) is 9.18 Å². The van der Waals surface area contributed by atoms with Crippen LogP contribution in [0.3, 0.4) is 0 Å². The van der Waals surface area contributed by atoms with Gasteiger partial charge in [-0.05, 0) is 99.1 Å². The van der Waals surface area contributed by atoms with Crippen LogP contribution in [0.25, 0.3) is 0 Å². The molecule has 286 valence electrons. The zero-order valence-corrected chi connectivity index (χ0v) is 30.9. The van der Waals surface area contributed by atoms with Crippen molar-refractivity contribution in [3.05, 3.63) is 117 Å². The van der Waals surface area contributed by atoms with Crippen molar-refractivity contribution in [2.24, 2.45) is 5.92 Å². The summed E-state index contributed by atoms with van der Waals surface area (Å²) in [6.07, 6.45) is 2.47. The van der Waals surface area contributed by atoms with Crippen molar-refractivity contribution in [1.29, 1.82) is 0 Å². The first kappa shape index (κ1) is 39.0. The molecular weight excluding hydrogens is 750 g/mol. The molecule has 3 fully saturated rings. The number of hydrogen-bond donors (Lipinski definition) is 1. The highest BCUT2D eigenvalue weighted by molar-refractivity contribution is 6.35. The quantitative estimate of drug-likeness (QED) is 0.114. The lowest BCUT2D eigenvalue weighted by Crippen LogP contribution is -2.53. The Morgan fingerprint density at radius 1 is 1.00 bits per heavy atom. The topological polar surface area (TPSA) is 115 Å². The van der Waals surface area contributed by atoms with E-state index in [9.17, 15) is 33.1 Å². The van der Waals surface area contributed by atoms with Crippen LogP contribution in [-0.4, -0.2) is 60.6 Å². The number of anilines is 1. The summed E-state index contributed by atoms with van der Waals surface area (Å²) in [7, 11) is 0. The molecule has 54 heavy (non-hydrogen) atoms. The van der Waals surface area contributed by atoms with Crippen molar-refractivity contribution < 1.29 is 52.0 Å². The molecule has 10 nitrogen and oxygen atoms in total. The first-order chi connectivity index (χ1) is 25.8. The standard InChI is InChI=1S/C39H38Cl2F3N3O7/c1-22(2)52-34-15-24(9-10-33(34)53-38(43)44)29(17-30-31(40)19-46(51)20-32(30)41)36-25(5-3-8-28(36)37(48)49)18-47(27-7-4-6-26(42)16-27)39(50)54-35-21-45-13-11-23(35)12-14-45/h3-10,15-16,19-20,22-23,29,35,38H,11-14,17-18,21H2,1-2H3,(H-,48,49,51)/t29-,35-/m0/s1. The van der Waals surface area contributed by atoms with Crippen molar-refractivity contribution in [1.82, 2.24) is 4.90 Å². The Morgan fingerprint density at radius 2 is 1.70 bits per heavy atom. The number of aromatic carboxylic acids is 1. The van der Waals surface area contributed by atoms with E-state index in [1.165, 1.54) is 65.8 Å². The second-order valence-corrected chi connectivity index (χ2v) is 14.4. The lowest BCUT2D eigenvalue weighted by Gasteiger charge is -2.44. The van der Waals surface area contributed by atoms with Crippen LogP contribution in [0.1, 0.15) is 65.2 Å². The Labute approximate surface area is 320 Å². The van der Waals surface area contributed by atoms with Crippen LogP contribution in [-0.2, 0) is 17.7 Å². The summed E-state index contributed by atoms with van der Waals surface area (Å²) in [4.78, 5) is 30.5. The van der Waals surface area contributed by atoms with Crippen LogP contribution in [0.4, 0.5) is 23.7 Å². The predicted octanol–water partition coefficient (Wildman–Crippen LogP) is 7.02. The molecule has 0 saturated carbocycles. The van der Waals surface area contributed by atoms with Gasteiger partial charge in [-0.2, -0.15) is 8.78 Å². The third kappa shape index (κ3) is 8.97. The summed E-state index contributed by atoms with van der Waals surface area (Å²) in [6, 6.07) is 14.1. The van der Waals surface area contributed by atoms with Crippen molar-refractivity contribution in [2.75, 3.05) is 24.5 Å². The van der Waals surface area contributed by atoms with E-state index in [-0.39, 0.29) is 63.3 Å². The average Bonchev–Trinajstić information content (AvgIpc) is 3.11. The third-order valence-electron chi connectivity index (χ3n) is 9.71.